The van der Waals surface area contributed by atoms with E-state index in [2.05, 4.69) is 32.4 Å². The molecule has 0 saturated heterocycles. The van der Waals surface area contributed by atoms with Crippen molar-refractivity contribution in [1.29, 1.82) is 0 Å². The predicted molar refractivity (Wildman–Crippen MR) is 165 cm³/mol. The maximum atomic E-state index is 14.6. The number of methoxy groups -OCH3 is 1. The lowest BCUT2D eigenvalue weighted by Crippen LogP contribution is -2.34. The average Bonchev–Trinajstić information content (AvgIpc) is 3.03. The minimum absolute atomic E-state index is 0.116. The number of carbonyl (C=O) groups is 1. The van der Waals surface area contributed by atoms with Crippen LogP contribution in [0.5, 0.6) is 5.75 Å². The molecule has 0 bridgehead atoms. The molecule has 2 heterocycles. The van der Waals surface area contributed by atoms with Gasteiger partial charge in [-0.2, -0.15) is 0 Å². The zero-order chi connectivity index (χ0) is 31.4. The van der Waals surface area contributed by atoms with Gasteiger partial charge in [0.05, 0.1) is 53.2 Å². The third kappa shape index (κ3) is 12.6. The third-order valence-electron chi connectivity index (χ3n) is 7.37. The van der Waals surface area contributed by atoms with E-state index in [4.69, 9.17) is 29.5 Å². The van der Waals surface area contributed by atoms with E-state index in [1.165, 1.54) is 24.8 Å². The molecule has 12 nitrogen and oxygen atoms in total. The summed E-state index contributed by atoms with van der Waals surface area (Å²) in [7, 11) is 1.40. The third-order valence-corrected chi connectivity index (χ3v) is 7.37. The summed E-state index contributed by atoms with van der Waals surface area (Å²) in [5.41, 5.74) is 11.2. The SMILES string of the molecule is COc1ccc([C@H](CC(=O)O)N(CCCCCc2ccc3c(n2)NCCC3)CCOCCOCCOCCN=[N+]=[N-])cc1F. The van der Waals surface area contributed by atoms with Crippen LogP contribution in [0.3, 0.4) is 0 Å². The van der Waals surface area contributed by atoms with Crippen molar-refractivity contribution in [3.8, 4) is 5.75 Å². The number of hydrogen-bond acceptors (Lipinski definition) is 9. The first kappa shape index (κ1) is 35.0. The Bertz CT molecular complexity index is 1200. The number of azide groups is 1. The highest BCUT2D eigenvalue weighted by atomic mass is 19.1. The maximum absolute atomic E-state index is 14.6. The van der Waals surface area contributed by atoms with Crippen molar-refractivity contribution in [3.63, 3.8) is 0 Å². The fraction of sp³-hybridized carbons (Fsp3) is 0.613. The molecule has 1 aromatic carbocycles. The van der Waals surface area contributed by atoms with Crippen LogP contribution in [0, 0.1) is 5.82 Å². The topological polar surface area (TPSA) is 151 Å². The van der Waals surface area contributed by atoms with Crippen LogP contribution in [0.1, 0.15) is 55.0 Å². The normalized spacial score (nSPS) is 13.2. The molecule has 0 amide bonds. The zero-order valence-corrected chi connectivity index (χ0v) is 25.6. The molecule has 0 saturated carbocycles. The molecule has 0 radical (unpaired) electrons. The number of carboxylic acid groups (broad SMARTS) is 1. The number of pyridine rings is 1. The highest BCUT2D eigenvalue weighted by Crippen LogP contribution is 2.29. The molecule has 13 heteroatoms. The molecule has 0 aliphatic carbocycles. The summed E-state index contributed by atoms with van der Waals surface area (Å²) in [5, 5.41) is 16.5. The van der Waals surface area contributed by atoms with Crippen molar-refractivity contribution in [3.05, 3.63) is 63.4 Å². The van der Waals surface area contributed by atoms with Crippen LogP contribution in [0.15, 0.2) is 35.4 Å². The molecule has 3 rings (SSSR count). The van der Waals surface area contributed by atoms with Crippen LogP contribution < -0.4 is 10.1 Å². The fourth-order valence-corrected chi connectivity index (χ4v) is 5.12. The monoisotopic (exact) mass is 616 g/mol. The number of ether oxygens (including phenoxy) is 4. The second kappa shape index (κ2) is 20.5. The molecule has 2 aromatic rings. The number of aryl methyl sites for hydroxylation is 2. The first-order chi connectivity index (χ1) is 21.5. The number of hydrogen-bond donors (Lipinski definition) is 2. The smallest absolute Gasteiger partial charge is 0.305 e. The lowest BCUT2D eigenvalue weighted by Gasteiger charge is -2.31. The Morgan fingerprint density at radius 2 is 1.86 bits per heavy atom. The predicted octanol–water partition coefficient (Wildman–Crippen LogP) is 5.18. The molecule has 1 aliphatic rings. The Hall–Kier alpha value is -3.48. The van der Waals surface area contributed by atoms with E-state index in [-0.39, 0.29) is 18.7 Å². The molecule has 1 atom stereocenters. The number of anilines is 1. The van der Waals surface area contributed by atoms with Crippen molar-refractivity contribution in [2.24, 2.45) is 5.11 Å². The Balaban J connectivity index is 1.50. The van der Waals surface area contributed by atoms with E-state index in [1.807, 2.05) is 0 Å². The van der Waals surface area contributed by atoms with Gasteiger partial charge in [-0.25, -0.2) is 9.37 Å². The number of fused-ring (bicyclic) bond motifs is 1. The van der Waals surface area contributed by atoms with E-state index in [9.17, 15) is 14.3 Å². The maximum Gasteiger partial charge on any atom is 0.305 e. The molecule has 0 spiro atoms. The summed E-state index contributed by atoms with van der Waals surface area (Å²) in [6.45, 7) is 4.61. The van der Waals surface area contributed by atoms with E-state index in [1.54, 1.807) is 6.07 Å². The van der Waals surface area contributed by atoms with Gasteiger partial charge in [0.25, 0.3) is 0 Å². The van der Waals surface area contributed by atoms with Crippen molar-refractivity contribution in [2.75, 3.05) is 78.2 Å². The van der Waals surface area contributed by atoms with Crippen molar-refractivity contribution >= 4 is 11.8 Å². The zero-order valence-electron chi connectivity index (χ0n) is 25.6. The molecule has 0 fully saturated rings. The minimum atomic E-state index is -0.959. The van der Waals surface area contributed by atoms with Crippen molar-refractivity contribution in [2.45, 2.75) is 51.0 Å². The summed E-state index contributed by atoms with van der Waals surface area (Å²) < 4.78 is 36.3. The Morgan fingerprint density at radius 1 is 1.09 bits per heavy atom. The molecule has 44 heavy (non-hydrogen) atoms. The summed E-state index contributed by atoms with van der Waals surface area (Å²) in [6.07, 6.45) is 5.66. The second-order valence-electron chi connectivity index (χ2n) is 10.5. The van der Waals surface area contributed by atoms with Crippen LogP contribution in [0.25, 0.3) is 10.4 Å². The number of nitrogens with zero attached hydrogens (tertiary/aromatic N) is 5. The Morgan fingerprint density at radius 3 is 2.59 bits per heavy atom. The van der Waals surface area contributed by atoms with Crippen LogP contribution in [0.4, 0.5) is 10.2 Å². The van der Waals surface area contributed by atoms with Gasteiger partial charge in [-0.3, -0.25) is 9.69 Å². The molecular formula is C31H45FN6O6. The number of rotatable bonds is 23. The number of carboxylic acids is 1. The number of aliphatic carboxylic acids is 1. The van der Waals surface area contributed by atoms with Gasteiger partial charge in [0, 0.05) is 36.3 Å². The van der Waals surface area contributed by atoms with Gasteiger partial charge in [0.1, 0.15) is 5.82 Å². The summed E-state index contributed by atoms with van der Waals surface area (Å²) >= 11 is 0. The molecular weight excluding hydrogens is 571 g/mol. The van der Waals surface area contributed by atoms with E-state index in [0.717, 1.165) is 56.6 Å². The molecule has 1 aliphatic heterocycles. The van der Waals surface area contributed by atoms with Gasteiger partial charge in [-0.15, -0.1) is 0 Å². The van der Waals surface area contributed by atoms with E-state index >= 15 is 0 Å². The average molecular weight is 617 g/mol. The first-order valence-corrected chi connectivity index (χ1v) is 15.3. The van der Waals surface area contributed by atoms with Crippen LogP contribution in [-0.4, -0.2) is 93.9 Å². The Labute approximate surface area is 258 Å². The Kier molecular flexibility index (Phi) is 16.3. The highest BCUT2D eigenvalue weighted by Gasteiger charge is 2.24. The largest absolute Gasteiger partial charge is 0.494 e. The van der Waals surface area contributed by atoms with Gasteiger partial charge < -0.3 is 29.4 Å². The summed E-state index contributed by atoms with van der Waals surface area (Å²) in [6, 6.07) is 8.37. The number of unbranched alkanes of at least 4 members (excludes halogenated alkanes) is 2. The molecule has 242 valence electrons. The molecule has 1 aromatic heterocycles. The number of halogens is 1. The number of aromatic nitrogens is 1. The lowest BCUT2D eigenvalue weighted by molar-refractivity contribution is -0.138. The summed E-state index contributed by atoms with van der Waals surface area (Å²) in [4.78, 5) is 21.4. The first-order valence-electron chi connectivity index (χ1n) is 15.3. The van der Waals surface area contributed by atoms with Crippen LogP contribution in [-0.2, 0) is 31.8 Å². The van der Waals surface area contributed by atoms with Gasteiger partial charge in [0.2, 0.25) is 0 Å². The fourth-order valence-electron chi connectivity index (χ4n) is 5.12. The number of nitrogens with one attached hydrogen (secondary N) is 1. The van der Waals surface area contributed by atoms with Crippen molar-refractivity contribution < 1.29 is 33.2 Å². The standard InChI is InChI=1S/C31H45FN6O6/c1-41-29-11-9-25(22-27(29)32)28(23-30(39)40)38(15-17-43-19-21-44-20-18-42-16-13-35-37-33)14-4-2-3-7-26-10-8-24-6-5-12-34-31(24)36-26/h8-11,22,28H,2-7,12-21,23H2,1H3,(H,34,36)(H,39,40)/t28-/m0/s1. The number of benzene rings is 1. The molecule has 0 unspecified atom stereocenters. The second-order valence-corrected chi connectivity index (χ2v) is 10.5. The highest BCUT2D eigenvalue weighted by molar-refractivity contribution is 5.68. The van der Waals surface area contributed by atoms with Gasteiger partial charge in [-0.1, -0.05) is 23.7 Å². The van der Waals surface area contributed by atoms with Crippen LogP contribution >= 0.6 is 0 Å². The van der Waals surface area contributed by atoms with Gasteiger partial charge >= 0.3 is 5.97 Å². The van der Waals surface area contributed by atoms with Gasteiger partial charge in [-0.05, 0) is 73.5 Å². The molecule has 2 N–H and O–H groups in total. The van der Waals surface area contributed by atoms with Crippen LogP contribution in [0.2, 0.25) is 0 Å². The minimum Gasteiger partial charge on any atom is -0.494 e. The van der Waals surface area contributed by atoms with E-state index < -0.39 is 17.8 Å². The lowest BCUT2D eigenvalue weighted by atomic mass is 10.0. The van der Waals surface area contributed by atoms with E-state index in [0.29, 0.717) is 58.3 Å². The summed E-state index contributed by atoms with van der Waals surface area (Å²) in [5.74, 6) is -0.365. The van der Waals surface area contributed by atoms with Gasteiger partial charge in [0.15, 0.2) is 11.6 Å². The van der Waals surface area contributed by atoms with Crippen molar-refractivity contribution in [1.82, 2.24) is 9.88 Å². The quantitative estimate of drug-likeness (QED) is 0.0745.